The summed E-state index contributed by atoms with van der Waals surface area (Å²) in [6.07, 6.45) is 58.0. The number of carbonyl (C=O) groups excluding carboxylic acids is 3. The van der Waals surface area contributed by atoms with Gasteiger partial charge in [-0.2, -0.15) is 0 Å². The van der Waals surface area contributed by atoms with Gasteiger partial charge >= 0.3 is 11.9 Å². The van der Waals surface area contributed by atoms with E-state index >= 15 is 0 Å². The molecule has 0 aliphatic carbocycles. The van der Waals surface area contributed by atoms with E-state index in [1.165, 1.54) is 122 Å². The first-order valence-corrected chi connectivity index (χ1v) is 25.5. The average molecular weight is 882 g/mol. The molecule has 63 heavy (non-hydrogen) atoms. The minimum atomic E-state index is -1.13. The number of hydrogen-bond acceptors (Lipinski definition) is 7. The van der Waals surface area contributed by atoms with E-state index in [1.54, 1.807) is 21.1 Å². The maximum Gasteiger partial charge on any atom is 0.306 e. The van der Waals surface area contributed by atoms with Crippen molar-refractivity contribution >= 4 is 17.9 Å². The molecular formula is C55H95NO7. The van der Waals surface area contributed by atoms with Gasteiger partial charge in [0.2, 0.25) is 0 Å². The predicted molar refractivity (Wildman–Crippen MR) is 263 cm³/mol. The molecule has 2 atom stereocenters. The Hall–Kier alpha value is -3.23. The molecule has 0 aliphatic rings. The molecule has 0 aromatic heterocycles. The highest BCUT2D eigenvalue weighted by molar-refractivity contribution is 5.70. The number of likely N-dealkylation sites (N-methyl/N-ethyl adjacent to an activating group) is 1. The first-order valence-electron chi connectivity index (χ1n) is 25.5. The van der Waals surface area contributed by atoms with Gasteiger partial charge in [-0.25, -0.2) is 0 Å². The Labute approximate surface area is 387 Å². The maximum absolute atomic E-state index is 12.8. The monoisotopic (exact) mass is 882 g/mol. The third kappa shape index (κ3) is 43.8. The van der Waals surface area contributed by atoms with Crippen LogP contribution in [-0.4, -0.2) is 75.5 Å². The standard InChI is InChI=1S/C55H95NO7/c1-6-8-10-12-14-16-18-20-22-24-25-26-27-28-30-31-33-35-37-39-41-43-45-53(57)62-50-51(49-61-48-47-52(55(59)60)56(3,4)5)63-54(58)46-44-42-40-38-36-34-32-29-23-21-19-17-15-13-11-9-7-2/h9,11,13,15,17,19,21,23,29,32,34,36,51-52H,6-8,10,12,14,16,18,20,22,24-28,30-31,33,35,37-50H2,1-5H3/b11-9+,15-13+,19-17+,23-21+,32-29+,36-34+. The van der Waals surface area contributed by atoms with Gasteiger partial charge < -0.3 is 28.6 Å². The average Bonchev–Trinajstić information content (AvgIpc) is 3.24. The molecule has 0 heterocycles. The van der Waals surface area contributed by atoms with Crippen LogP contribution in [0.3, 0.4) is 0 Å². The quantitative estimate of drug-likeness (QED) is 0.0260. The summed E-state index contributed by atoms with van der Waals surface area (Å²) in [6, 6.07) is -0.737. The minimum absolute atomic E-state index is 0.0206. The number of nitrogens with zero attached hydrogens (tertiary/aromatic N) is 1. The number of unbranched alkanes of at least 4 members (excludes halogenated alkanes) is 24. The molecule has 0 aromatic carbocycles. The molecule has 0 bridgehead atoms. The fourth-order valence-corrected chi connectivity index (χ4v) is 7.34. The normalized spacial score (nSPS) is 13.5. The fraction of sp³-hybridized carbons (Fsp3) is 0.727. The van der Waals surface area contributed by atoms with Crippen molar-refractivity contribution in [3.8, 4) is 0 Å². The van der Waals surface area contributed by atoms with E-state index in [0.717, 1.165) is 44.9 Å². The lowest BCUT2D eigenvalue weighted by Crippen LogP contribution is -2.55. The Kier molecular flexibility index (Phi) is 43.0. The Morgan fingerprint density at radius 2 is 0.889 bits per heavy atom. The highest BCUT2D eigenvalue weighted by Gasteiger charge is 2.25. The van der Waals surface area contributed by atoms with Crippen LogP contribution in [0.2, 0.25) is 0 Å². The molecule has 0 spiro atoms. The summed E-state index contributed by atoms with van der Waals surface area (Å²) in [6.45, 7) is 4.49. The number of carbonyl (C=O) groups is 3. The van der Waals surface area contributed by atoms with E-state index in [1.807, 2.05) is 60.8 Å². The highest BCUT2D eigenvalue weighted by atomic mass is 16.6. The summed E-state index contributed by atoms with van der Waals surface area (Å²) < 4.78 is 17.2. The maximum atomic E-state index is 12.8. The van der Waals surface area contributed by atoms with E-state index in [2.05, 4.69) is 26.0 Å². The van der Waals surface area contributed by atoms with Gasteiger partial charge in [0.25, 0.3) is 0 Å². The number of esters is 2. The molecule has 0 saturated carbocycles. The summed E-state index contributed by atoms with van der Waals surface area (Å²) in [5.74, 6) is -1.79. The lowest BCUT2D eigenvalue weighted by atomic mass is 10.0. The van der Waals surface area contributed by atoms with E-state index in [4.69, 9.17) is 14.2 Å². The van der Waals surface area contributed by atoms with E-state index in [9.17, 15) is 19.5 Å². The van der Waals surface area contributed by atoms with Crippen molar-refractivity contribution in [3.05, 3.63) is 72.9 Å². The van der Waals surface area contributed by atoms with Crippen molar-refractivity contribution in [2.24, 2.45) is 0 Å². The molecule has 0 saturated heterocycles. The summed E-state index contributed by atoms with van der Waals surface area (Å²) in [4.78, 5) is 37.0. The molecule has 0 N–H and O–H groups in total. The number of carboxylic acid groups (broad SMARTS) is 1. The summed E-state index contributed by atoms with van der Waals surface area (Å²) in [5.41, 5.74) is 0. The van der Waals surface area contributed by atoms with E-state index in [0.29, 0.717) is 12.8 Å². The molecule has 0 fully saturated rings. The summed E-state index contributed by atoms with van der Waals surface area (Å²) in [7, 11) is 5.39. The molecule has 0 aliphatic heterocycles. The zero-order valence-electron chi connectivity index (χ0n) is 41.2. The zero-order chi connectivity index (χ0) is 46.3. The van der Waals surface area contributed by atoms with Crippen LogP contribution in [0.1, 0.15) is 206 Å². The van der Waals surface area contributed by atoms with Crippen LogP contribution in [-0.2, 0) is 28.6 Å². The van der Waals surface area contributed by atoms with Gasteiger partial charge in [-0.15, -0.1) is 0 Å². The number of quaternary nitrogens is 1. The van der Waals surface area contributed by atoms with Crippen LogP contribution in [0.4, 0.5) is 0 Å². The van der Waals surface area contributed by atoms with Gasteiger partial charge in [-0.3, -0.25) is 9.59 Å². The van der Waals surface area contributed by atoms with Crippen LogP contribution in [0.15, 0.2) is 72.9 Å². The molecular weight excluding hydrogens is 787 g/mol. The van der Waals surface area contributed by atoms with Crippen LogP contribution >= 0.6 is 0 Å². The topological polar surface area (TPSA) is 102 Å². The highest BCUT2D eigenvalue weighted by Crippen LogP contribution is 2.16. The number of allylic oxidation sites excluding steroid dienone is 12. The van der Waals surface area contributed by atoms with Gasteiger partial charge in [0.15, 0.2) is 6.10 Å². The van der Waals surface area contributed by atoms with Gasteiger partial charge in [0, 0.05) is 19.3 Å². The van der Waals surface area contributed by atoms with Crippen molar-refractivity contribution in [3.63, 3.8) is 0 Å². The van der Waals surface area contributed by atoms with Crippen LogP contribution in [0, 0.1) is 0 Å². The summed E-state index contributed by atoms with van der Waals surface area (Å²) >= 11 is 0. The number of carboxylic acids is 1. The largest absolute Gasteiger partial charge is 0.544 e. The molecule has 0 radical (unpaired) electrons. The number of ether oxygens (including phenoxy) is 3. The van der Waals surface area contributed by atoms with Gasteiger partial charge in [0.1, 0.15) is 12.6 Å². The Balaban J connectivity index is 4.28. The third-order valence-corrected chi connectivity index (χ3v) is 11.3. The third-order valence-electron chi connectivity index (χ3n) is 11.3. The lowest BCUT2D eigenvalue weighted by Gasteiger charge is -2.34. The Morgan fingerprint density at radius 3 is 1.32 bits per heavy atom. The molecule has 362 valence electrons. The van der Waals surface area contributed by atoms with Crippen molar-refractivity contribution in [1.29, 1.82) is 0 Å². The molecule has 8 nitrogen and oxygen atoms in total. The molecule has 0 amide bonds. The second-order valence-corrected chi connectivity index (χ2v) is 18.2. The fourth-order valence-electron chi connectivity index (χ4n) is 7.34. The van der Waals surface area contributed by atoms with Crippen molar-refractivity contribution in [1.82, 2.24) is 0 Å². The Morgan fingerprint density at radius 1 is 0.492 bits per heavy atom. The molecule has 0 rings (SSSR count). The van der Waals surface area contributed by atoms with Crippen molar-refractivity contribution in [2.75, 3.05) is 41.0 Å². The second-order valence-electron chi connectivity index (χ2n) is 18.2. The first kappa shape index (κ1) is 59.8. The second kappa shape index (κ2) is 45.3. The summed E-state index contributed by atoms with van der Waals surface area (Å²) in [5, 5.41) is 11.7. The first-order chi connectivity index (χ1) is 30.6. The van der Waals surface area contributed by atoms with Crippen molar-refractivity contribution < 1.29 is 38.2 Å². The van der Waals surface area contributed by atoms with Crippen LogP contribution in [0.5, 0.6) is 0 Å². The van der Waals surface area contributed by atoms with Gasteiger partial charge in [-0.05, 0) is 32.1 Å². The molecule has 8 heteroatoms. The van der Waals surface area contributed by atoms with Crippen molar-refractivity contribution in [2.45, 2.75) is 219 Å². The zero-order valence-corrected chi connectivity index (χ0v) is 41.2. The van der Waals surface area contributed by atoms with Crippen LogP contribution in [0.25, 0.3) is 0 Å². The minimum Gasteiger partial charge on any atom is -0.544 e. The SMILES string of the molecule is CC/C=C/C=C/C=C/C=C/C=C/C=C/CCCCCC(=O)OC(COCCC(C(=O)[O-])[N+](C)(C)C)COC(=O)CCCCCCCCCCCCCCCCCCCCCCCC. The van der Waals surface area contributed by atoms with Gasteiger partial charge in [0.05, 0.1) is 40.3 Å². The van der Waals surface area contributed by atoms with Crippen LogP contribution < -0.4 is 5.11 Å². The predicted octanol–water partition coefficient (Wildman–Crippen LogP) is 13.4. The van der Waals surface area contributed by atoms with Gasteiger partial charge in [-0.1, -0.05) is 228 Å². The van der Waals surface area contributed by atoms with E-state index in [-0.39, 0.29) is 49.1 Å². The molecule has 0 aromatic rings. The number of hydrogen-bond donors (Lipinski definition) is 0. The lowest BCUT2D eigenvalue weighted by molar-refractivity contribution is -0.889. The number of aliphatic carboxylic acids is 1. The smallest absolute Gasteiger partial charge is 0.306 e. The Bertz CT molecular complexity index is 1260. The number of rotatable bonds is 45. The molecule has 2 unspecified atom stereocenters. The van der Waals surface area contributed by atoms with E-state index < -0.39 is 18.1 Å².